The van der Waals surface area contributed by atoms with Crippen LogP contribution < -0.4 is 0 Å². The van der Waals surface area contributed by atoms with Crippen LogP contribution >= 0.6 is 0 Å². The maximum Gasteiger partial charge on any atom is 0.291 e. The smallest absolute Gasteiger partial charge is 0.291 e. The van der Waals surface area contributed by atoms with E-state index in [1.807, 2.05) is 11.8 Å². The maximum atomic E-state index is 12.9. The van der Waals surface area contributed by atoms with Crippen LogP contribution in [0.15, 0.2) is 4.42 Å². The van der Waals surface area contributed by atoms with E-state index in [4.69, 9.17) is 9.40 Å². The second kappa shape index (κ2) is 5.41. The average Bonchev–Trinajstić information content (AvgIpc) is 3.50. The Morgan fingerprint density at radius 2 is 1.96 bits per heavy atom. The molecular weight excluding hydrogens is 318 g/mol. The summed E-state index contributed by atoms with van der Waals surface area (Å²) in [7, 11) is 0. The Morgan fingerprint density at radius 1 is 1.16 bits per heavy atom. The van der Waals surface area contributed by atoms with Gasteiger partial charge < -0.3 is 9.32 Å². The molecule has 2 aromatic heterocycles. The highest BCUT2D eigenvalue weighted by Crippen LogP contribution is 2.47. The fraction of sp³-hybridized carbons (Fsp3) is 0.667. The molecule has 0 spiro atoms. The zero-order chi connectivity index (χ0) is 17.1. The second-order valence-electron chi connectivity index (χ2n) is 7.82. The number of hydrogen-bond donors (Lipinski definition) is 1. The van der Waals surface area contributed by atoms with E-state index in [0.717, 1.165) is 18.2 Å². The van der Waals surface area contributed by atoms with Crippen LogP contribution in [0.5, 0.6) is 0 Å². The molecule has 1 aliphatic heterocycles. The molecule has 3 heterocycles. The van der Waals surface area contributed by atoms with Gasteiger partial charge in [-0.05, 0) is 44.4 Å². The van der Waals surface area contributed by atoms with Gasteiger partial charge in [-0.25, -0.2) is 9.97 Å². The van der Waals surface area contributed by atoms with Gasteiger partial charge in [-0.15, -0.1) is 0 Å². The van der Waals surface area contributed by atoms with E-state index >= 15 is 0 Å². The van der Waals surface area contributed by atoms with Crippen molar-refractivity contribution in [2.24, 2.45) is 11.8 Å². The van der Waals surface area contributed by atoms with Crippen LogP contribution in [0.4, 0.5) is 0 Å². The highest BCUT2D eigenvalue weighted by atomic mass is 16.4. The number of oxazole rings is 1. The third-order valence-electron chi connectivity index (χ3n) is 5.79. The zero-order valence-electron chi connectivity index (χ0n) is 14.7. The Morgan fingerprint density at radius 3 is 2.60 bits per heavy atom. The van der Waals surface area contributed by atoms with Gasteiger partial charge in [0.1, 0.15) is 5.82 Å². The molecule has 0 bridgehead atoms. The van der Waals surface area contributed by atoms with Crippen LogP contribution in [0.3, 0.4) is 0 Å². The molecule has 0 radical (unpaired) electrons. The van der Waals surface area contributed by atoms with E-state index in [0.29, 0.717) is 41.6 Å². The monoisotopic (exact) mass is 341 g/mol. The standard InChI is InChI=1S/C18H23N5O2/c1-9-15(25-10(2)19-9)18(24)23-7-13(11-3-4-11)14(8-23)17-20-16(21-22-17)12-5-6-12/h11-14H,3-8H2,1-2H3,(H,20,21,22)/t13-,14+/m1/s1. The fourth-order valence-corrected chi connectivity index (χ4v) is 4.14. The number of hydrogen-bond acceptors (Lipinski definition) is 5. The molecular formula is C18H23N5O2. The van der Waals surface area contributed by atoms with E-state index < -0.39 is 0 Å². The SMILES string of the molecule is Cc1nc(C)c(C(=O)N2C[C@H](c3nc(C4CC4)n[nH]3)[C@@H](C3CC3)C2)o1. The lowest BCUT2D eigenvalue weighted by molar-refractivity contribution is 0.0750. The molecule has 25 heavy (non-hydrogen) atoms. The topological polar surface area (TPSA) is 87.9 Å². The van der Waals surface area contributed by atoms with Crippen molar-refractivity contribution in [1.29, 1.82) is 0 Å². The fourth-order valence-electron chi connectivity index (χ4n) is 4.14. The summed E-state index contributed by atoms with van der Waals surface area (Å²) in [6.07, 6.45) is 4.91. The molecule has 0 unspecified atom stereocenters. The molecule has 7 heteroatoms. The Bertz CT molecular complexity index is 817. The molecule has 2 atom stereocenters. The zero-order valence-corrected chi connectivity index (χ0v) is 14.7. The number of nitrogens with one attached hydrogen (secondary N) is 1. The minimum atomic E-state index is -0.0480. The Kier molecular flexibility index (Phi) is 3.27. The average molecular weight is 341 g/mol. The lowest BCUT2D eigenvalue weighted by Gasteiger charge is -2.14. The van der Waals surface area contributed by atoms with Gasteiger partial charge in [0.05, 0.1) is 5.69 Å². The van der Waals surface area contributed by atoms with Gasteiger partial charge in [-0.2, -0.15) is 5.10 Å². The van der Waals surface area contributed by atoms with Crippen molar-refractivity contribution in [1.82, 2.24) is 25.1 Å². The molecule has 5 rings (SSSR count). The Hall–Kier alpha value is -2.18. The van der Waals surface area contributed by atoms with Crippen LogP contribution in [0.1, 0.15) is 71.3 Å². The molecule has 2 saturated carbocycles. The van der Waals surface area contributed by atoms with Gasteiger partial charge in [0.15, 0.2) is 11.7 Å². The third kappa shape index (κ3) is 2.65. The highest BCUT2D eigenvalue weighted by molar-refractivity contribution is 5.92. The van der Waals surface area contributed by atoms with E-state index in [9.17, 15) is 4.79 Å². The molecule has 2 aromatic rings. The van der Waals surface area contributed by atoms with Gasteiger partial charge in [0.2, 0.25) is 5.76 Å². The molecule has 132 valence electrons. The Labute approximate surface area is 146 Å². The largest absolute Gasteiger partial charge is 0.436 e. The lowest BCUT2D eigenvalue weighted by atomic mass is 9.91. The molecule has 7 nitrogen and oxygen atoms in total. The van der Waals surface area contributed by atoms with Gasteiger partial charge in [-0.1, -0.05) is 0 Å². The number of aromatic amines is 1. The highest BCUT2D eigenvalue weighted by Gasteiger charge is 2.46. The van der Waals surface area contributed by atoms with Gasteiger partial charge in [-0.3, -0.25) is 9.89 Å². The summed E-state index contributed by atoms with van der Waals surface area (Å²) in [4.78, 5) is 23.8. The number of nitrogens with zero attached hydrogens (tertiary/aromatic N) is 4. The van der Waals surface area contributed by atoms with Crippen LogP contribution in [-0.2, 0) is 0 Å². The number of carbonyl (C=O) groups is 1. The predicted octanol–water partition coefficient (Wildman–Crippen LogP) is 2.55. The number of carbonyl (C=O) groups excluding carboxylic acids is 1. The number of rotatable bonds is 4. The summed E-state index contributed by atoms with van der Waals surface area (Å²) in [5.41, 5.74) is 0.671. The van der Waals surface area contributed by atoms with Crippen molar-refractivity contribution in [3.63, 3.8) is 0 Å². The van der Waals surface area contributed by atoms with Crippen molar-refractivity contribution in [3.05, 3.63) is 29.0 Å². The lowest BCUT2D eigenvalue weighted by Crippen LogP contribution is -2.29. The third-order valence-corrected chi connectivity index (χ3v) is 5.79. The molecule has 3 aliphatic rings. The van der Waals surface area contributed by atoms with Crippen LogP contribution in [0.2, 0.25) is 0 Å². The summed E-state index contributed by atoms with van der Waals surface area (Å²) in [5, 5.41) is 7.58. The van der Waals surface area contributed by atoms with Gasteiger partial charge in [0.25, 0.3) is 5.91 Å². The number of aromatic nitrogens is 4. The summed E-state index contributed by atoms with van der Waals surface area (Å²) < 4.78 is 5.55. The predicted molar refractivity (Wildman–Crippen MR) is 89.2 cm³/mol. The molecule has 1 N–H and O–H groups in total. The number of aryl methyl sites for hydroxylation is 2. The van der Waals surface area contributed by atoms with Crippen molar-refractivity contribution >= 4 is 5.91 Å². The first-order valence-corrected chi connectivity index (χ1v) is 9.25. The number of H-pyrrole nitrogens is 1. The summed E-state index contributed by atoms with van der Waals surface area (Å²) in [6.45, 7) is 5.05. The minimum Gasteiger partial charge on any atom is -0.436 e. The van der Waals surface area contributed by atoms with Crippen molar-refractivity contribution < 1.29 is 9.21 Å². The first-order valence-electron chi connectivity index (χ1n) is 9.25. The van der Waals surface area contributed by atoms with Crippen LogP contribution in [-0.4, -0.2) is 44.1 Å². The van der Waals surface area contributed by atoms with E-state index in [2.05, 4.69) is 15.2 Å². The molecule has 0 aromatic carbocycles. The van der Waals surface area contributed by atoms with Gasteiger partial charge >= 0.3 is 0 Å². The number of likely N-dealkylation sites (tertiary alicyclic amines) is 1. The first-order chi connectivity index (χ1) is 12.1. The molecule has 2 aliphatic carbocycles. The minimum absolute atomic E-state index is 0.0480. The van der Waals surface area contributed by atoms with E-state index in [1.165, 1.54) is 25.7 Å². The van der Waals surface area contributed by atoms with Crippen molar-refractivity contribution in [2.75, 3.05) is 13.1 Å². The summed E-state index contributed by atoms with van der Waals surface area (Å²) in [5.74, 6) is 4.75. The quantitative estimate of drug-likeness (QED) is 0.923. The number of amides is 1. The molecule has 1 saturated heterocycles. The van der Waals surface area contributed by atoms with Crippen LogP contribution in [0.25, 0.3) is 0 Å². The van der Waals surface area contributed by atoms with E-state index in [1.54, 1.807) is 6.92 Å². The summed E-state index contributed by atoms with van der Waals surface area (Å²) >= 11 is 0. The van der Waals surface area contributed by atoms with Crippen molar-refractivity contribution in [3.8, 4) is 0 Å². The van der Waals surface area contributed by atoms with E-state index in [-0.39, 0.29) is 11.8 Å². The normalized spacial score (nSPS) is 26.4. The summed E-state index contributed by atoms with van der Waals surface area (Å²) in [6, 6.07) is 0. The van der Waals surface area contributed by atoms with Gasteiger partial charge in [0, 0.05) is 31.8 Å². The molecule has 3 fully saturated rings. The maximum absolute atomic E-state index is 12.9. The second-order valence-corrected chi connectivity index (χ2v) is 7.82. The van der Waals surface area contributed by atoms with Crippen LogP contribution in [0, 0.1) is 25.7 Å². The molecule has 1 amide bonds. The Balaban J connectivity index is 1.39. The first kappa shape index (κ1) is 15.1. The van der Waals surface area contributed by atoms with Crippen molar-refractivity contribution in [2.45, 2.75) is 51.4 Å².